The van der Waals surface area contributed by atoms with E-state index in [0.717, 1.165) is 12.0 Å². The number of aromatic nitrogens is 1. The standard InChI is InChI=1S/C21H18F2NO2/c22-21(23)26-19-8-6-18(7-9-19)20(25)15-24-12-10-17(11-13-24)14-16-4-2-1-3-5-16/h1-13,21H,14-15H2/q+1. The van der Waals surface area contributed by atoms with Crippen LogP contribution in [0.1, 0.15) is 21.5 Å². The molecule has 0 amide bonds. The summed E-state index contributed by atoms with van der Waals surface area (Å²) < 4.78 is 30.4. The molecule has 0 aliphatic rings. The van der Waals surface area contributed by atoms with Crippen molar-refractivity contribution < 1.29 is 22.9 Å². The molecule has 0 unspecified atom stereocenters. The summed E-state index contributed by atoms with van der Waals surface area (Å²) in [4.78, 5) is 12.3. The number of halogens is 2. The van der Waals surface area contributed by atoms with Gasteiger partial charge in [0.05, 0.1) is 0 Å². The lowest BCUT2D eigenvalue weighted by Gasteiger charge is -2.05. The fraction of sp³-hybridized carbons (Fsp3) is 0.143. The number of hydrogen-bond acceptors (Lipinski definition) is 2. The third-order valence-electron chi connectivity index (χ3n) is 3.94. The Bertz CT molecular complexity index is 847. The van der Waals surface area contributed by atoms with Crippen LogP contribution < -0.4 is 9.30 Å². The van der Waals surface area contributed by atoms with E-state index < -0.39 is 6.61 Å². The Labute approximate surface area is 150 Å². The zero-order valence-electron chi connectivity index (χ0n) is 14.0. The molecule has 0 atom stereocenters. The first-order chi connectivity index (χ1) is 12.6. The second kappa shape index (κ2) is 8.34. The zero-order valence-corrected chi connectivity index (χ0v) is 14.0. The molecule has 0 bridgehead atoms. The summed E-state index contributed by atoms with van der Waals surface area (Å²) in [5, 5.41) is 0. The number of Topliss-reactive ketones (excluding diaryl/α,β-unsaturated/α-hetero) is 1. The van der Waals surface area contributed by atoms with Gasteiger partial charge < -0.3 is 4.74 Å². The summed E-state index contributed by atoms with van der Waals surface area (Å²) in [6.07, 6.45) is 4.57. The van der Waals surface area contributed by atoms with Gasteiger partial charge in [0, 0.05) is 17.7 Å². The van der Waals surface area contributed by atoms with E-state index in [0.29, 0.717) is 5.56 Å². The first kappa shape index (κ1) is 17.7. The van der Waals surface area contributed by atoms with Crippen molar-refractivity contribution in [3.63, 3.8) is 0 Å². The summed E-state index contributed by atoms with van der Waals surface area (Å²) >= 11 is 0. The number of nitrogens with zero attached hydrogens (tertiary/aromatic N) is 1. The highest BCUT2D eigenvalue weighted by Crippen LogP contribution is 2.15. The van der Waals surface area contributed by atoms with Crippen LogP contribution in [-0.2, 0) is 13.0 Å². The van der Waals surface area contributed by atoms with Gasteiger partial charge in [0.15, 0.2) is 12.4 Å². The molecule has 3 nitrogen and oxygen atoms in total. The van der Waals surface area contributed by atoms with Crippen LogP contribution in [-0.4, -0.2) is 12.4 Å². The summed E-state index contributed by atoms with van der Waals surface area (Å²) in [7, 11) is 0. The second-order valence-electron chi connectivity index (χ2n) is 5.87. The molecule has 0 spiro atoms. The minimum atomic E-state index is -2.87. The first-order valence-electron chi connectivity index (χ1n) is 8.20. The van der Waals surface area contributed by atoms with Crippen molar-refractivity contribution in [2.45, 2.75) is 19.6 Å². The maximum Gasteiger partial charge on any atom is 0.387 e. The Hall–Kier alpha value is -3.08. The van der Waals surface area contributed by atoms with E-state index in [-0.39, 0.29) is 18.1 Å². The van der Waals surface area contributed by atoms with E-state index in [1.807, 2.05) is 42.7 Å². The molecule has 3 aromatic rings. The van der Waals surface area contributed by atoms with Gasteiger partial charge in [-0.15, -0.1) is 0 Å². The number of hydrogen-bond donors (Lipinski definition) is 0. The van der Waals surface area contributed by atoms with E-state index in [2.05, 4.69) is 16.9 Å². The third-order valence-corrected chi connectivity index (χ3v) is 3.94. The predicted molar refractivity (Wildman–Crippen MR) is 93.3 cm³/mol. The Morgan fingerprint density at radius 3 is 2.12 bits per heavy atom. The van der Waals surface area contributed by atoms with Gasteiger partial charge in [-0.05, 0) is 41.8 Å². The summed E-state index contributed by atoms with van der Waals surface area (Å²) in [6, 6.07) is 19.8. The molecule has 0 aliphatic carbocycles. The lowest BCUT2D eigenvalue weighted by molar-refractivity contribution is -0.683. The average molecular weight is 354 g/mol. The summed E-state index contributed by atoms with van der Waals surface area (Å²) in [6.45, 7) is -2.69. The maximum absolute atomic E-state index is 12.3. The minimum Gasteiger partial charge on any atom is -0.435 e. The highest BCUT2D eigenvalue weighted by molar-refractivity contribution is 5.95. The van der Waals surface area contributed by atoms with Crippen molar-refractivity contribution in [1.29, 1.82) is 0 Å². The Morgan fingerprint density at radius 2 is 1.50 bits per heavy atom. The highest BCUT2D eigenvalue weighted by Gasteiger charge is 2.13. The molecule has 0 aliphatic heterocycles. The number of pyridine rings is 1. The number of benzene rings is 2. The fourth-order valence-corrected chi connectivity index (χ4v) is 2.62. The topological polar surface area (TPSA) is 30.2 Å². The van der Waals surface area contributed by atoms with E-state index >= 15 is 0 Å². The van der Waals surface area contributed by atoms with Crippen molar-refractivity contribution >= 4 is 5.78 Å². The van der Waals surface area contributed by atoms with E-state index in [1.54, 1.807) is 4.57 Å². The number of alkyl halides is 2. The lowest BCUT2D eigenvalue weighted by atomic mass is 10.1. The van der Waals surface area contributed by atoms with Gasteiger partial charge in [0.25, 0.3) is 0 Å². The van der Waals surface area contributed by atoms with Gasteiger partial charge in [-0.2, -0.15) is 13.3 Å². The van der Waals surface area contributed by atoms with Crippen LogP contribution in [0.4, 0.5) is 8.78 Å². The number of rotatable bonds is 7. The van der Waals surface area contributed by atoms with Gasteiger partial charge >= 0.3 is 6.61 Å². The van der Waals surface area contributed by atoms with Gasteiger partial charge in [0.2, 0.25) is 12.3 Å². The van der Waals surface area contributed by atoms with Crippen LogP contribution in [0.15, 0.2) is 79.1 Å². The monoisotopic (exact) mass is 354 g/mol. The maximum atomic E-state index is 12.3. The first-order valence-corrected chi connectivity index (χ1v) is 8.20. The number of ketones is 1. The van der Waals surface area contributed by atoms with E-state index in [4.69, 9.17) is 0 Å². The molecule has 0 saturated heterocycles. The molecule has 1 heterocycles. The quantitative estimate of drug-likeness (QED) is 0.473. The normalized spacial score (nSPS) is 10.7. The molecular weight excluding hydrogens is 336 g/mol. The van der Waals surface area contributed by atoms with Crippen molar-refractivity contribution in [2.75, 3.05) is 0 Å². The molecule has 3 rings (SSSR count). The van der Waals surface area contributed by atoms with Gasteiger partial charge in [0.1, 0.15) is 5.75 Å². The largest absolute Gasteiger partial charge is 0.435 e. The lowest BCUT2D eigenvalue weighted by Crippen LogP contribution is -2.37. The average Bonchev–Trinajstić information content (AvgIpc) is 2.64. The van der Waals surface area contributed by atoms with Gasteiger partial charge in [-0.3, -0.25) is 4.79 Å². The molecule has 26 heavy (non-hydrogen) atoms. The molecule has 0 radical (unpaired) electrons. The Morgan fingerprint density at radius 1 is 0.885 bits per heavy atom. The van der Waals surface area contributed by atoms with Crippen LogP contribution in [0.5, 0.6) is 5.75 Å². The summed E-state index contributed by atoms with van der Waals surface area (Å²) in [5.74, 6) is -0.0659. The number of carbonyl (C=O) groups is 1. The van der Waals surface area contributed by atoms with Crippen LogP contribution in [0.2, 0.25) is 0 Å². The minimum absolute atomic E-state index is 0.0365. The smallest absolute Gasteiger partial charge is 0.387 e. The van der Waals surface area contributed by atoms with Crippen molar-refractivity contribution in [3.8, 4) is 5.75 Å². The number of ether oxygens (including phenoxy) is 1. The van der Waals surface area contributed by atoms with E-state index in [9.17, 15) is 13.6 Å². The predicted octanol–water partition coefficient (Wildman–Crippen LogP) is 4.05. The molecule has 0 fully saturated rings. The molecule has 2 aromatic carbocycles. The molecule has 0 saturated carbocycles. The van der Waals surface area contributed by atoms with Crippen molar-refractivity contribution in [3.05, 3.63) is 95.8 Å². The zero-order chi connectivity index (χ0) is 18.4. The molecule has 5 heteroatoms. The van der Waals surface area contributed by atoms with E-state index in [1.165, 1.54) is 29.8 Å². The van der Waals surface area contributed by atoms with Crippen LogP contribution in [0.25, 0.3) is 0 Å². The van der Waals surface area contributed by atoms with Crippen LogP contribution in [0, 0.1) is 0 Å². The van der Waals surface area contributed by atoms with Gasteiger partial charge in [-0.25, -0.2) is 0 Å². The third kappa shape index (κ3) is 4.96. The van der Waals surface area contributed by atoms with Crippen LogP contribution in [0.3, 0.4) is 0 Å². The Kier molecular flexibility index (Phi) is 5.69. The highest BCUT2D eigenvalue weighted by atomic mass is 19.3. The molecular formula is C21H18F2NO2+. The van der Waals surface area contributed by atoms with Gasteiger partial charge in [-0.1, -0.05) is 30.3 Å². The van der Waals surface area contributed by atoms with Crippen molar-refractivity contribution in [1.82, 2.24) is 0 Å². The SMILES string of the molecule is O=C(C[n+]1ccc(Cc2ccccc2)cc1)c1ccc(OC(F)F)cc1. The molecule has 1 aromatic heterocycles. The number of carbonyl (C=O) groups excluding carboxylic acids is 1. The molecule has 132 valence electrons. The Balaban J connectivity index is 1.60. The molecule has 0 N–H and O–H groups in total. The fourth-order valence-electron chi connectivity index (χ4n) is 2.62. The van der Waals surface area contributed by atoms with Crippen molar-refractivity contribution in [2.24, 2.45) is 0 Å². The second-order valence-corrected chi connectivity index (χ2v) is 5.87. The van der Waals surface area contributed by atoms with Crippen LogP contribution >= 0.6 is 0 Å². The summed E-state index contributed by atoms with van der Waals surface area (Å²) in [5.41, 5.74) is 2.84.